The maximum Gasteiger partial charge on any atom is 0.387 e. The lowest BCUT2D eigenvalue weighted by molar-refractivity contribution is -0.126. The Kier molecular flexibility index (Phi) is 5.16. The molecule has 0 aliphatic carbocycles. The molecular formula is C19H18F2N2O3. The van der Waals surface area contributed by atoms with Crippen LogP contribution in [0.25, 0.3) is 0 Å². The van der Waals surface area contributed by atoms with Crippen LogP contribution in [0.5, 0.6) is 5.75 Å². The Bertz CT molecular complexity index is 809. The van der Waals surface area contributed by atoms with Gasteiger partial charge in [-0.2, -0.15) is 8.78 Å². The van der Waals surface area contributed by atoms with E-state index in [0.29, 0.717) is 5.69 Å². The van der Waals surface area contributed by atoms with E-state index in [2.05, 4.69) is 15.4 Å². The van der Waals surface area contributed by atoms with Gasteiger partial charge in [0.1, 0.15) is 5.75 Å². The fourth-order valence-electron chi connectivity index (χ4n) is 2.98. The minimum Gasteiger partial charge on any atom is -0.435 e. The van der Waals surface area contributed by atoms with Crippen LogP contribution in [0, 0.1) is 0 Å². The average molecular weight is 360 g/mol. The van der Waals surface area contributed by atoms with Crippen molar-refractivity contribution >= 4 is 17.5 Å². The van der Waals surface area contributed by atoms with Gasteiger partial charge < -0.3 is 15.4 Å². The van der Waals surface area contributed by atoms with Gasteiger partial charge in [-0.3, -0.25) is 9.59 Å². The lowest BCUT2D eigenvalue weighted by Crippen LogP contribution is -2.36. The number of benzene rings is 2. The van der Waals surface area contributed by atoms with E-state index in [4.69, 9.17) is 0 Å². The second-order valence-electron chi connectivity index (χ2n) is 6.07. The molecule has 0 saturated carbocycles. The molecule has 2 atom stereocenters. The van der Waals surface area contributed by atoms with E-state index in [1.165, 1.54) is 12.1 Å². The number of rotatable bonds is 5. The lowest BCUT2D eigenvalue weighted by atomic mass is 9.89. The predicted octanol–water partition coefficient (Wildman–Crippen LogP) is 3.59. The number of carbonyl (C=O) groups excluding carboxylic acids is 2. The number of alkyl halides is 2. The molecule has 0 bridgehead atoms. The van der Waals surface area contributed by atoms with Gasteiger partial charge in [-0.15, -0.1) is 0 Å². The molecule has 3 rings (SSSR count). The summed E-state index contributed by atoms with van der Waals surface area (Å²) < 4.78 is 28.7. The lowest BCUT2D eigenvalue weighted by Gasteiger charge is -2.26. The van der Waals surface area contributed by atoms with Crippen LogP contribution in [0.15, 0.2) is 48.5 Å². The fraction of sp³-hybridized carbons (Fsp3) is 0.263. The molecule has 1 aliphatic heterocycles. The minimum absolute atomic E-state index is 0.0557. The third-order valence-corrected chi connectivity index (χ3v) is 4.28. The smallest absolute Gasteiger partial charge is 0.387 e. The maximum atomic E-state index is 12.7. The topological polar surface area (TPSA) is 67.4 Å². The van der Waals surface area contributed by atoms with Crippen LogP contribution in [0.1, 0.15) is 36.4 Å². The number of nitrogens with one attached hydrogen (secondary N) is 2. The number of hydrogen-bond acceptors (Lipinski definition) is 3. The van der Waals surface area contributed by atoms with Gasteiger partial charge in [0.25, 0.3) is 0 Å². The summed E-state index contributed by atoms with van der Waals surface area (Å²) in [5.74, 6) is -0.971. The van der Waals surface area contributed by atoms with Crippen molar-refractivity contribution in [3.05, 3.63) is 59.7 Å². The van der Waals surface area contributed by atoms with Crippen molar-refractivity contribution in [2.24, 2.45) is 0 Å². The molecule has 0 radical (unpaired) electrons. The van der Waals surface area contributed by atoms with E-state index in [-0.39, 0.29) is 30.0 Å². The monoisotopic (exact) mass is 360 g/mol. The fourth-order valence-corrected chi connectivity index (χ4v) is 2.98. The predicted molar refractivity (Wildman–Crippen MR) is 92.1 cm³/mol. The van der Waals surface area contributed by atoms with Crippen LogP contribution >= 0.6 is 0 Å². The summed E-state index contributed by atoms with van der Waals surface area (Å²) in [4.78, 5) is 24.5. The number of ether oxygens (including phenoxy) is 1. The van der Waals surface area contributed by atoms with Crippen LogP contribution in [0.4, 0.5) is 14.5 Å². The summed E-state index contributed by atoms with van der Waals surface area (Å²) in [6.07, 6.45) is 0.0801. The Morgan fingerprint density at radius 2 is 1.88 bits per heavy atom. The summed E-state index contributed by atoms with van der Waals surface area (Å²) in [6, 6.07) is 12.9. The van der Waals surface area contributed by atoms with Gasteiger partial charge in [0, 0.05) is 12.1 Å². The molecule has 1 aliphatic rings. The zero-order valence-electron chi connectivity index (χ0n) is 14.0. The molecule has 0 fully saturated rings. The highest BCUT2D eigenvalue weighted by Gasteiger charge is 2.31. The van der Waals surface area contributed by atoms with E-state index < -0.39 is 12.5 Å². The van der Waals surface area contributed by atoms with Crippen LogP contribution in [-0.2, 0) is 9.59 Å². The number of carbonyl (C=O) groups is 2. The normalized spacial score (nSPS) is 17.2. The average Bonchev–Trinajstić information content (AvgIpc) is 2.61. The molecular weight excluding hydrogens is 342 g/mol. The second-order valence-corrected chi connectivity index (χ2v) is 6.07. The van der Waals surface area contributed by atoms with Crippen molar-refractivity contribution in [3.63, 3.8) is 0 Å². The highest BCUT2D eigenvalue weighted by Crippen LogP contribution is 2.32. The Morgan fingerprint density at radius 3 is 2.58 bits per heavy atom. The standard InChI is InChI=1S/C19H18F2N2O3/c1-11(12-6-8-13(9-7-12)26-19(20)21)22-18(25)15-10-17(24)23-16-5-3-2-4-14(15)16/h2-9,11,15,19H,10H2,1H3,(H,22,25)(H,23,24). The highest BCUT2D eigenvalue weighted by atomic mass is 19.3. The van der Waals surface area contributed by atoms with Crippen LogP contribution < -0.4 is 15.4 Å². The van der Waals surface area contributed by atoms with Crippen molar-refractivity contribution in [2.75, 3.05) is 5.32 Å². The molecule has 2 N–H and O–H groups in total. The van der Waals surface area contributed by atoms with Crippen molar-refractivity contribution in [3.8, 4) is 5.75 Å². The van der Waals surface area contributed by atoms with Gasteiger partial charge >= 0.3 is 6.61 Å². The first-order valence-corrected chi connectivity index (χ1v) is 8.18. The van der Waals surface area contributed by atoms with E-state index in [1.54, 1.807) is 31.2 Å². The van der Waals surface area contributed by atoms with Gasteiger partial charge in [0.05, 0.1) is 12.0 Å². The summed E-state index contributed by atoms with van der Waals surface area (Å²) in [5.41, 5.74) is 2.16. The molecule has 2 amide bonds. The molecule has 136 valence electrons. The zero-order valence-corrected chi connectivity index (χ0v) is 14.0. The quantitative estimate of drug-likeness (QED) is 0.856. The molecule has 2 aromatic carbocycles. The highest BCUT2D eigenvalue weighted by molar-refractivity contribution is 6.01. The van der Waals surface area contributed by atoms with Crippen LogP contribution in [-0.4, -0.2) is 18.4 Å². The number of hydrogen-bond donors (Lipinski definition) is 2. The van der Waals surface area contributed by atoms with Gasteiger partial charge in [-0.1, -0.05) is 30.3 Å². The molecule has 1 heterocycles. The van der Waals surface area contributed by atoms with Gasteiger partial charge in [0.2, 0.25) is 11.8 Å². The number of fused-ring (bicyclic) bond motifs is 1. The van der Waals surface area contributed by atoms with E-state index in [0.717, 1.165) is 11.1 Å². The van der Waals surface area contributed by atoms with Crippen molar-refractivity contribution < 1.29 is 23.1 Å². The van der Waals surface area contributed by atoms with Gasteiger partial charge in [-0.05, 0) is 36.2 Å². The molecule has 0 saturated heterocycles. The molecule has 5 nitrogen and oxygen atoms in total. The van der Waals surface area contributed by atoms with Crippen molar-refractivity contribution in [1.29, 1.82) is 0 Å². The largest absolute Gasteiger partial charge is 0.435 e. The van der Waals surface area contributed by atoms with E-state index in [1.807, 2.05) is 12.1 Å². The summed E-state index contributed by atoms with van der Waals surface area (Å²) in [6.45, 7) is -1.09. The third kappa shape index (κ3) is 3.99. The second kappa shape index (κ2) is 7.51. The van der Waals surface area contributed by atoms with E-state index in [9.17, 15) is 18.4 Å². The Hall–Kier alpha value is -2.96. The van der Waals surface area contributed by atoms with Gasteiger partial charge in [0.15, 0.2) is 0 Å². The Morgan fingerprint density at radius 1 is 1.19 bits per heavy atom. The molecule has 0 aromatic heterocycles. The number of para-hydroxylation sites is 1. The Labute approximate surface area is 149 Å². The first-order chi connectivity index (χ1) is 12.4. The van der Waals surface area contributed by atoms with Crippen molar-refractivity contribution in [1.82, 2.24) is 5.32 Å². The Balaban J connectivity index is 1.70. The third-order valence-electron chi connectivity index (χ3n) is 4.28. The van der Waals surface area contributed by atoms with E-state index >= 15 is 0 Å². The van der Waals surface area contributed by atoms with Crippen molar-refractivity contribution in [2.45, 2.75) is 31.9 Å². The number of anilines is 1. The van der Waals surface area contributed by atoms with Crippen LogP contribution in [0.2, 0.25) is 0 Å². The molecule has 0 spiro atoms. The molecule has 7 heteroatoms. The zero-order chi connectivity index (χ0) is 18.7. The molecule has 26 heavy (non-hydrogen) atoms. The minimum atomic E-state index is -2.88. The van der Waals surface area contributed by atoms with Gasteiger partial charge in [-0.25, -0.2) is 0 Å². The summed E-state index contributed by atoms with van der Waals surface area (Å²) in [7, 11) is 0. The number of amides is 2. The summed E-state index contributed by atoms with van der Waals surface area (Å²) >= 11 is 0. The first-order valence-electron chi connectivity index (χ1n) is 8.18. The first kappa shape index (κ1) is 17.8. The summed E-state index contributed by atoms with van der Waals surface area (Å²) in [5, 5.41) is 5.64. The molecule has 2 aromatic rings. The number of halogens is 2. The maximum absolute atomic E-state index is 12.7. The SMILES string of the molecule is CC(NC(=O)C1CC(=O)Nc2ccccc21)c1ccc(OC(F)F)cc1. The van der Waals surface area contributed by atoms with Crippen LogP contribution in [0.3, 0.4) is 0 Å². The molecule has 2 unspecified atom stereocenters.